The third-order valence-corrected chi connectivity index (χ3v) is 4.37. The Labute approximate surface area is 146 Å². The number of benzene rings is 2. The zero-order valence-corrected chi connectivity index (χ0v) is 13.8. The Bertz CT molecular complexity index is 863. The molecule has 0 bridgehead atoms. The minimum Gasteiger partial charge on any atom is -0.489 e. The summed E-state index contributed by atoms with van der Waals surface area (Å²) >= 11 is 0. The molecule has 0 radical (unpaired) electrons. The van der Waals surface area contributed by atoms with E-state index in [1.165, 1.54) is 0 Å². The molecule has 3 nitrogen and oxygen atoms in total. The number of fused-ring (bicyclic) bond motifs is 1. The van der Waals surface area contributed by atoms with Gasteiger partial charge in [-0.1, -0.05) is 30.3 Å². The van der Waals surface area contributed by atoms with Gasteiger partial charge in [0.1, 0.15) is 23.9 Å². The Morgan fingerprint density at radius 3 is 2.64 bits per heavy atom. The number of halogens is 1. The monoisotopic (exact) mass is 334 g/mol. The van der Waals surface area contributed by atoms with Gasteiger partial charge in [-0.15, -0.1) is 0 Å². The molecule has 0 saturated carbocycles. The van der Waals surface area contributed by atoms with E-state index in [9.17, 15) is 4.39 Å². The summed E-state index contributed by atoms with van der Waals surface area (Å²) < 4.78 is 20.2. The van der Waals surface area contributed by atoms with E-state index in [0.717, 1.165) is 41.1 Å². The first kappa shape index (κ1) is 15.8. The van der Waals surface area contributed by atoms with E-state index in [-0.39, 0.29) is 5.82 Å². The predicted octanol–water partition coefficient (Wildman–Crippen LogP) is 4.11. The number of rotatable bonds is 4. The molecule has 4 rings (SSSR count). The maximum Gasteiger partial charge on any atom is 0.149 e. The second kappa shape index (κ2) is 7.03. The first-order chi connectivity index (χ1) is 12.3. The van der Waals surface area contributed by atoms with Gasteiger partial charge in [0.2, 0.25) is 0 Å². The summed E-state index contributed by atoms with van der Waals surface area (Å²) in [6.07, 6.45) is 0.834. The average Bonchev–Trinajstić information content (AvgIpc) is 2.67. The zero-order chi connectivity index (χ0) is 17.1. The van der Waals surface area contributed by atoms with Crippen molar-refractivity contribution < 1.29 is 9.13 Å². The molecule has 3 aromatic rings. The van der Waals surface area contributed by atoms with E-state index in [1.807, 2.05) is 54.6 Å². The molecular formula is C21H19FN2O. The second-order valence-electron chi connectivity index (χ2n) is 6.15. The molecule has 2 heterocycles. The van der Waals surface area contributed by atoms with Gasteiger partial charge in [0, 0.05) is 30.8 Å². The van der Waals surface area contributed by atoms with Crippen molar-refractivity contribution in [2.24, 2.45) is 0 Å². The number of aromatic nitrogens is 1. The van der Waals surface area contributed by atoms with Crippen LogP contribution in [-0.4, -0.2) is 11.5 Å². The summed E-state index contributed by atoms with van der Waals surface area (Å²) in [5, 5.41) is 3.24. The molecule has 2 aromatic carbocycles. The molecule has 0 atom stereocenters. The molecule has 0 spiro atoms. The van der Waals surface area contributed by atoms with Crippen LogP contribution in [0.1, 0.15) is 16.8 Å². The number of hydrogen-bond acceptors (Lipinski definition) is 3. The fraction of sp³-hybridized carbons (Fsp3) is 0.190. The van der Waals surface area contributed by atoms with E-state index < -0.39 is 0 Å². The molecule has 1 aromatic heterocycles. The lowest BCUT2D eigenvalue weighted by molar-refractivity contribution is 0.306. The predicted molar refractivity (Wildman–Crippen MR) is 95.8 cm³/mol. The highest BCUT2D eigenvalue weighted by atomic mass is 19.1. The van der Waals surface area contributed by atoms with Crippen molar-refractivity contribution in [3.8, 4) is 17.0 Å². The topological polar surface area (TPSA) is 34.1 Å². The second-order valence-corrected chi connectivity index (χ2v) is 6.15. The van der Waals surface area contributed by atoms with E-state index >= 15 is 0 Å². The molecule has 1 aliphatic heterocycles. The van der Waals surface area contributed by atoms with Gasteiger partial charge in [-0.3, -0.25) is 0 Å². The molecule has 0 fully saturated rings. The van der Waals surface area contributed by atoms with Crippen LogP contribution >= 0.6 is 0 Å². The van der Waals surface area contributed by atoms with Crippen LogP contribution in [0.15, 0.2) is 60.7 Å². The fourth-order valence-corrected chi connectivity index (χ4v) is 3.02. The lowest BCUT2D eigenvalue weighted by Crippen LogP contribution is -2.25. The third-order valence-electron chi connectivity index (χ3n) is 4.37. The zero-order valence-electron chi connectivity index (χ0n) is 13.8. The van der Waals surface area contributed by atoms with Crippen molar-refractivity contribution in [2.75, 3.05) is 6.54 Å². The smallest absolute Gasteiger partial charge is 0.149 e. The molecule has 0 amide bonds. The first-order valence-electron chi connectivity index (χ1n) is 8.46. The standard InChI is InChI=1S/C21H19FN2O/c22-19-12-17-13-23-11-10-20(17)24-21(19)16-6-8-18(9-7-16)25-14-15-4-2-1-3-5-15/h1-9,12,23H,10-11,13-14H2. The van der Waals surface area contributed by atoms with Crippen LogP contribution in [-0.2, 0) is 19.6 Å². The Kier molecular flexibility index (Phi) is 4.44. The Hall–Kier alpha value is -2.72. The SMILES string of the molecule is Fc1cc2c(nc1-c1ccc(OCc3ccccc3)cc1)CCNC2. The lowest BCUT2D eigenvalue weighted by Gasteiger charge is -2.17. The van der Waals surface area contributed by atoms with Crippen LogP contribution < -0.4 is 10.1 Å². The molecule has 25 heavy (non-hydrogen) atoms. The maximum atomic E-state index is 14.4. The molecule has 0 saturated heterocycles. The summed E-state index contributed by atoms with van der Waals surface area (Å²) in [5.41, 5.74) is 4.23. The molecule has 126 valence electrons. The summed E-state index contributed by atoms with van der Waals surface area (Å²) in [6.45, 7) is 2.09. The quantitative estimate of drug-likeness (QED) is 0.779. The average molecular weight is 334 g/mol. The minimum absolute atomic E-state index is 0.277. The van der Waals surface area contributed by atoms with Crippen molar-refractivity contribution in [1.29, 1.82) is 0 Å². The van der Waals surface area contributed by atoms with Gasteiger partial charge in [-0.2, -0.15) is 0 Å². The molecule has 1 aliphatic rings. The third kappa shape index (κ3) is 3.54. The van der Waals surface area contributed by atoms with Crippen LogP contribution in [0.4, 0.5) is 4.39 Å². The van der Waals surface area contributed by atoms with Crippen molar-refractivity contribution in [3.05, 3.63) is 83.3 Å². The van der Waals surface area contributed by atoms with Gasteiger partial charge in [0.05, 0.1) is 0 Å². The van der Waals surface area contributed by atoms with Crippen LogP contribution in [0, 0.1) is 5.82 Å². The lowest BCUT2D eigenvalue weighted by atomic mass is 10.0. The number of ether oxygens (including phenoxy) is 1. The summed E-state index contributed by atoms with van der Waals surface area (Å²) in [4.78, 5) is 4.55. The van der Waals surface area contributed by atoms with Crippen molar-refractivity contribution in [2.45, 2.75) is 19.6 Å². The van der Waals surface area contributed by atoms with E-state index in [4.69, 9.17) is 4.74 Å². The highest BCUT2D eigenvalue weighted by Gasteiger charge is 2.16. The number of nitrogens with one attached hydrogen (secondary N) is 1. The van der Waals surface area contributed by atoms with E-state index in [2.05, 4.69) is 10.3 Å². The van der Waals surface area contributed by atoms with Gasteiger partial charge in [-0.25, -0.2) is 9.37 Å². The number of hydrogen-bond donors (Lipinski definition) is 1. The molecule has 0 unspecified atom stereocenters. The van der Waals surface area contributed by atoms with E-state index in [0.29, 0.717) is 18.8 Å². The van der Waals surface area contributed by atoms with Crippen molar-refractivity contribution in [3.63, 3.8) is 0 Å². The highest BCUT2D eigenvalue weighted by Crippen LogP contribution is 2.26. The van der Waals surface area contributed by atoms with Gasteiger partial charge >= 0.3 is 0 Å². The van der Waals surface area contributed by atoms with Crippen LogP contribution in [0.5, 0.6) is 5.75 Å². The van der Waals surface area contributed by atoms with Crippen molar-refractivity contribution >= 4 is 0 Å². The molecule has 1 N–H and O–H groups in total. The Balaban J connectivity index is 1.52. The summed E-state index contributed by atoms with van der Waals surface area (Å²) in [6, 6.07) is 19.0. The van der Waals surface area contributed by atoms with Gasteiger partial charge in [0.15, 0.2) is 0 Å². The fourth-order valence-electron chi connectivity index (χ4n) is 3.02. The highest BCUT2D eigenvalue weighted by molar-refractivity contribution is 5.61. The summed E-state index contributed by atoms with van der Waals surface area (Å²) in [5.74, 6) is 0.482. The molecule has 4 heteroatoms. The van der Waals surface area contributed by atoms with Gasteiger partial charge < -0.3 is 10.1 Å². The van der Waals surface area contributed by atoms with Crippen LogP contribution in [0.25, 0.3) is 11.3 Å². The number of pyridine rings is 1. The normalized spacial score (nSPS) is 13.3. The summed E-state index contributed by atoms with van der Waals surface area (Å²) in [7, 11) is 0. The van der Waals surface area contributed by atoms with Crippen LogP contribution in [0.3, 0.4) is 0 Å². The molecule has 0 aliphatic carbocycles. The van der Waals surface area contributed by atoms with E-state index in [1.54, 1.807) is 6.07 Å². The molecular weight excluding hydrogens is 315 g/mol. The van der Waals surface area contributed by atoms with Crippen molar-refractivity contribution in [1.82, 2.24) is 10.3 Å². The first-order valence-corrected chi connectivity index (χ1v) is 8.46. The maximum absolute atomic E-state index is 14.4. The minimum atomic E-state index is -0.277. The largest absolute Gasteiger partial charge is 0.489 e. The number of nitrogens with zero attached hydrogens (tertiary/aromatic N) is 1. The van der Waals surface area contributed by atoms with Gasteiger partial charge in [0.25, 0.3) is 0 Å². The Morgan fingerprint density at radius 2 is 1.84 bits per heavy atom. The van der Waals surface area contributed by atoms with Gasteiger partial charge in [-0.05, 0) is 41.5 Å². The Morgan fingerprint density at radius 1 is 1.04 bits per heavy atom. The van der Waals surface area contributed by atoms with Crippen LogP contribution in [0.2, 0.25) is 0 Å².